The molecule has 164 valence electrons. The third-order valence-electron chi connectivity index (χ3n) is 3.78. The fraction of sp³-hybridized carbons (Fsp3) is 0.611. The normalized spacial score (nSPS) is 12.2. The lowest BCUT2D eigenvalue weighted by Gasteiger charge is -2.30. The molecule has 0 aromatic carbocycles. The van der Waals surface area contributed by atoms with Gasteiger partial charge >= 0.3 is 41.0 Å². The third-order valence-corrected chi connectivity index (χ3v) is 4.93. The maximum absolute atomic E-state index is 12.7. The molecule has 0 radical (unpaired) electrons. The number of carbonyl (C=O) groups excluding carboxylic acids is 3. The number of rotatable bonds is 12. The smallest absolute Gasteiger partial charge is 0.333 e. The fourth-order valence-corrected chi connectivity index (χ4v) is 2.21. The van der Waals surface area contributed by atoms with E-state index in [1.54, 1.807) is 6.92 Å². The van der Waals surface area contributed by atoms with Crippen LogP contribution in [0.15, 0.2) is 24.3 Å². The molecule has 1 atom stereocenters. The summed E-state index contributed by atoms with van der Waals surface area (Å²) in [6.45, 7) is 11.1. The molecular formula is C18H30MgO9S. The molecule has 0 aliphatic carbocycles. The topological polar surface area (TPSA) is 133 Å². The van der Waals surface area contributed by atoms with Crippen LogP contribution in [0.25, 0.3) is 0 Å². The second-order valence-corrected chi connectivity index (χ2v) is 8.50. The first kappa shape index (κ1) is 29.8. The van der Waals surface area contributed by atoms with Gasteiger partial charge in [0.05, 0.1) is 0 Å². The Morgan fingerprint density at radius 2 is 1.41 bits per heavy atom. The summed E-state index contributed by atoms with van der Waals surface area (Å²) in [5, 5.41) is -1.35. The molecule has 9 nitrogen and oxygen atoms in total. The van der Waals surface area contributed by atoms with Crippen molar-refractivity contribution in [2.45, 2.75) is 45.8 Å². The van der Waals surface area contributed by atoms with Crippen molar-refractivity contribution in [2.24, 2.45) is 5.41 Å². The van der Waals surface area contributed by atoms with Crippen LogP contribution in [0.3, 0.4) is 0 Å². The molecule has 11 heteroatoms. The molecule has 0 bridgehead atoms. The lowest BCUT2D eigenvalue weighted by molar-refractivity contribution is -0.170. The number of ether oxygens (including phenoxy) is 3. The van der Waals surface area contributed by atoms with Gasteiger partial charge in [-0.3, -0.25) is 9.35 Å². The predicted molar refractivity (Wildman–Crippen MR) is 109 cm³/mol. The molecule has 0 rings (SSSR count). The average Bonchev–Trinajstić information content (AvgIpc) is 2.59. The molecule has 0 saturated heterocycles. The minimum absolute atomic E-state index is 0. The van der Waals surface area contributed by atoms with Crippen molar-refractivity contribution in [2.75, 3.05) is 19.8 Å². The summed E-state index contributed by atoms with van der Waals surface area (Å²) < 4.78 is 46.4. The summed E-state index contributed by atoms with van der Waals surface area (Å²) in [5.41, 5.74) is -1.33. The molecule has 0 saturated carbocycles. The molecule has 1 N–H and O–H groups in total. The SMILES string of the molecule is C=C(C)C(=O)OCC(CCC)(COC(=O)C(=C)C)C(=O)OCC(C)S(=O)(=O)O.[MgH2]. The first-order valence-corrected chi connectivity index (χ1v) is 10.1. The van der Waals surface area contributed by atoms with Gasteiger partial charge in [-0.2, -0.15) is 8.42 Å². The first-order chi connectivity index (χ1) is 12.8. The quantitative estimate of drug-likeness (QED) is 0.153. The standard InChI is InChI=1S/C18H28O9S.Mg.2H/c1-7-8-18(10-26-15(19)12(2)3,11-27-16(20)13(4)5)17(21)25-9-14(6)28(22,23)24;;;/h14H,2,4,7-11H2,1,3,5-6H3,(H,22,23,24);;;. The lowest BCUT2D eigenvalue weighted by atomic mass is 9.85. The highest BCUT2D eigenvalue weighted by molar-refractivity contribution is 7.86. The van der Waals surface area contributed by atoms with Crippen molar-refractivity contribution in [3.05, 3.63) is 24.3 Å². The van der Waals surface area contributed by atoms with Crippen LogP contribution in [0.4, 0.5) is 0 Å². The van der Waals surface area contributed by atoms with Crippen LogP contribution in [-0.4, -0.2) is 79.0 Å². The first-order valence-electron chi connectivity index (χ1n) is 8.55. The van der Waals surface area contributed by atoms with E-state index in [0.717, 1.165) is 6.92 Å². The molecule has 0 aromatic rings. The van der Waals surface area contributed by atoms with Gasteiger partial charge in [-0.25, -0.2) is 9.59 Å². The molecular weight excluding hydrogens is 417 g/mol. The van der Waals surface area contributed by atoms with Gasteiger partial charge in [0.25, 0.3) is 10.1 Å². The van der Waals surface area contributed by atoms with Gasteiger partial charge < -0.3 is 14.2 Å². The molecule has 1 unspecified atom stereocenters. The van der Waals surface area contributed by atoms with Crippen molar-refractivity contribution in [1.29, 1.82) is 0 Å². The predicted octanol–water partition coefficient (Wildman–Crippen LogP) is 0.915. The Labute approximate surface area is 187 Å². The van der Waals surface area contributed by atoms with Gasteiger partial charge in [-0.05, 0) is 27.2 Å². The Hall–Kier alpha value is -1.43. The van der Waals surface area contributed by atoms with Crippen LogP contribution in [0, 0.1) is 5.41 Å². The largest absolute Gasteiger partial charge is 0.464 e. The molecule has 0 aromatic heterocycles. The van der Waals surface area contributed by atoms with E-state index in [1.165, 1.54) is 13.8 Å². The van der Waals surface area contributed by atoms with Gasteiger partial charge in [-0.1, -0.05) is 26.5 Å². The third kappa shape index (κ3) is 10.2. The highest BCUT2D eigenvalue weighted by Gasteiger charge is 2.43. The van der Waals surface area contributed by atoms with E-state index in [2.05, 4.69) is 13.2 Å². The summed E-state index contributed by atoms with van der Waals surface area (Å²) in [5.74, 6) is -2.41. The maximum Gasteiger partial charge on any atom is 0.333 e. The number of hydrogen-bond acceptors (Lipinski definition) is 8. The Morgan fingerprint density at radius 1 is 1.00 bits per heavy atom. The maximum atomic E-state index is 12.7. The van der Waals surface area contributed by atoms with E-state index in [9.17, 15) is 22.8 Å². The summed E-state index contributed by atoms with van der Waals surface area (Å²) in [7, 11) is -4.40. The molecule has 0 heterocycles. The number of esters is 3. The number of hydrogen-bond donors (Lipinski definition) is 1. The van der Waals surface area contributed by atoms with Crippen LogP contribution in [0.2, 0.25) is 0 Å². The highest BCUT2D eigenvalue weighted by Crippen LogP contribution is 2.28. The van der Waals surface area contributed by atoms with Crippen LogP contribution in [-0.2, 0) is 38.7 Å². The van der Waals surface area contributed by atoms with Crippen LogP contribution in [0.1, 0.15) is 40.5 Å². The average molecular weight is 447 g/mol. The zero-order valence-corrected chi connectivity index (χ0v) is 17.5. The van der Waals surface area contributed by atoms with Crippen molar-refractivity contribution in [3.63, 3.8) is 0 Å². The Kier molecular flexibility index (Phi) is 13.3. The van der Waals surface area contributed by atoms with Gasteiger partial charge in [0.2, 0.25) is 0 Å². The summed E-state index contributed by atoms with van der Waals surface area (Å²) in [4.78, 5) is 36.2. The molecule has 0 aliphatic heterocycles. The Balaban J connectivity index is 0. The minimum Gasteiger partial charge on any atom is -0.464 e. The second-order valence-electron chi connectivity index (χ2n) is 6.67. The Bertz CT molecular complexity index is 698. The van der Waals surface area contributed by atoms with Gasteiger partial charge in [0.1, 0.15) is 30.5 Å². The highest BCUT2D eigenvalue weighted by atomic mass is 32.2. The minimum atomic E-state index is -4.40. The number of carbonyl (C=O) groups is 3. The molecule has 0 amide bonds. The summed E-state index contributed by atoms with van der Waals surface area (Å²) in [6.07, 6.45) is 0.567. The van der Waals surface area contributed by atoms with Crippen LogP contribution >= 0.6 is 0 Å². The van der Waals surface area contributed by atoms with Crippen molar-refractivity contribution < 1.29 is 41.6 Å². The molecule has 0 spiro atoms. The van der Waals surface area contributed by atoms with Gasteiger partial charge in [0, 0.05) is 11.1 Å². The van der Waals surface area contributed by atoms with E-state index in [1.807, 2.05) is 0 Å². The van der Waals surface area contributed by atoms with Gasteiger partial charge in [0.15, 0.2) is 0 Å². The zero-order chi connectivity index (χ0) is 22.1. The van der Waals surface area contributed by atoms with Crippen LogP contribution < -0.4 is 0 Å². The zero-order valence-electron chi connectivity index (χ0n) is 16.6. The van der Waals surface area contributed by atoms with E-state index in [4.69, 9.17) is 18.8 Å². The summed E-state index contributed by atoms with van der Waals surface area (Å²) in [6, 6.07) is 0. The van der Waals surface area contributed by atoms with E-state index < -0.39 is 58.5 Å². The lowest BCUT2D eigenvalue weighted by Crippen LogP contribution is -2.44. The second kappa shape index (κ2) is 13.0. The van der Waals surface area contributed by atoms with E-state index in [-0.39, 0.29) is 40.6 Å². The van der Waals surface area contributed by atoms with Gasteiger partial charge in [-0.15, -0.1) is 0 Å². The molecule has 0 aliphatic rings. The van der Waals surface area contributed by atoms with Crippen molar-refractivity contribution in [3.8, 4) is 0 Å². The van der Waals surface area contributed by atoms with E-state index >= 15 is 0 Å². The van der Waals surface area contributed by atoms with Crippen LogP contribution in [0.5, 0.6) is 0 Å². The molecule has 0 fully saturated rings. The van der Waals surface area contributed by atoms with Crippen molar-refractivity contribution in [1.82, 2.24) is 0 Å². The Morgan fingerprint density at radius 3 is 1.72 bits per heavy atom. The monoisotopic (exact) mass is 446 g/mol. The molecule has 29 heavy (non-hydrogen) atoms. The van der Waals surface area contributed by atoms with Crippen molar-refractivity contribution >= 4 is 51.1 Å². The fourth-order valence-electron chi connectivity index (χ4n) is 1.97. The van der Waals surface area contributed by atoms with E-state index in [0.29, 0.717) is 6.42 Å². The summed E-state index contributed by atoms with van der Waals surface area (Å²) >= 11 is 0.